The molecule has 0 saturated heterocycles. The monoisotopic (exact) mass is 378 g/mol. The van der Waals surface area contributed by atoms with Gasteiger partial charge in [-0.25, -0.2) is 0 Å². The SMILES string of the molecule is Cc1cccc(-n2nnnc2SCC(=O)N(CC#N)c2ccccc2)c1C. The first-order valence-electron chi connectivity index (χ1n) is 8.32. The maximum atomic E-state index is 12.7. The normalized spacial score (nSPS) is 10.4. The predicted molar refractivity (Wildman–Crippen MR) is 104 cm³/mol. The average Bonchev–Trinajstić information content (AvgIpc) is 3.15. The van der Waals surface area contributed by atoms with Crippen molar-refractivity contribution in [2.45, 2.75) is 19.0 Å². The first-order valence-corrected chi connectivity index (χ1v) is 9.30. The molecule has 0 fully saturated rings. The van der Waals surface area contributed by atoms with E-state index < -0.39 is 0 Å². The molecule has 136 valence electrons. The third kappa shape index (κ3) is 4.15. The number of aryl methyl sites for hydroxylation is 1. The number of hydrogen-bond acceptors (Lipinski definition) is 6. The lowest BCUT2D eigenvalue weighted by molar-refractivity contribution is -0.116. The van der Waals surface area contributed by atoms with Crippen molar-refractivity contribution in [1.82, 2.24) is 20.2 Å². The lowest BCUT2D eigenvalue weighted by Gasteiger charge is -2.19. The van der Waals surface area contributed by atoms with Crippen molar-refractivity contribution in [2.24, 2.45) is 0 Å². The fourth-order valence-corrected chi connectivity index (χ4v) is 3.35. The quantitative estimate of drug-likeness (QED) is 0.484. The van der Waals surface area contributed by atoms with E-state index >= 15 is 0 Å². The fraction of sp³-hybridized carbons (Fsp3) is 0.211. The van der Waals surface area contributed by atoms with Gasteiger partial charge >= 0.3 is 0 Å². The van der Waals surface area contributed by atoms with Crippen molar-refractivity contribution in [3.8, 4) is 11.8 Å². The Morgan fingerprint density at radius 1 is 1.19 bits per heavy atom. The molecule has 3 aromatic rings. The lowest BCUT2D eigenvalue weighted by Crippen LogP contribution is -2.32. The molecule has 8 heteroatoms. The van der Waals surface area contributed by atoms with Gasteiger partial charge in [0.15, 0.2) is 0 Å². The number of nitrogens with zero attached hydrogens (tertiary/aromatic N) is 6. The molecule has 2 aromatic carbocycles. The molecule has 0 N–H and O–H groups in total. The zero-order chi connectivity index (χ0) is 19.2. The molecule has 1 amide bonds. The predicted octanol–water partition coefficient (Wildman–Crippen LogP) is 2.93. The number of rotatable bonds is 6. The van der Waals surface area contributed by atoms with E-state index in [1.165, 1.54) is 16.7 Å². The highest BCUT2D eigenvalue weighted by Crippen LogP contribution is 2.23. The molecule has 0 aliphatic heterocycles. The number of aromatic nitrogens is 4. The second-order valence-electron chi connectivity index (χ2n) is 5.85. The summed E-state index contributed by atoms with van der Waals surface area (Å²) in [7, 11) is 0. The molecule has 3 rings (SSSR count). The number of para-hydroxylation sites is 1. The molecule has 7 nitrogen and oxygen atoms in total. The molecule has 0 aliphatic carbocycles. The summed E-state index contributed by atoms with van der Waals surface area (Å²) in [5.41, 5.74) is 3.79. The minimum atomic E-state index is -0.178. The van der Waals surface area contributed by atoms with Crippen molar-refractivity contribution in [3.63, 3.8) is 0 Å². The Morgan fingerprint density at radius 2 is 1.96 bits per heavy atom. The van der Waals surface area contributed by atoms with Crippen molar-refractivity contribution in [3.05, 3.63) is 59.7 Å². The van der Waals surface area contributed by atoms with E-state index in [9.17, 15) is 4.79 Å². The third-order valence-electron chi connectivity index (χ3n) is 4.17. The molecule has 0 unspecified atom stereocenters. The van der Waals surface area contributed by atoms with Crippen molar-refractivity contribution in [2.75, 3.05) is 17.2 Å². The average molecular weight is 378 g/mol. The molecule has 0 saturated carbocycles. The van der Waals surface area contributed by atoms with Crippen LogP contribution in [0.1, 0.15) is 11.1 Å². The van der Waals surface area contributed by atoms with Crippen LogP contribution in [0.25, 0.3) is 5.69 Å². The molecule has 0 radical (unpaired) electrons. The third-order valence-corrected chi connectivity index (χ3v) is 5.07. The van der Waals surface area contributed by atoms with Gasteiger partial charge in [-0.15, -0.1) is 5.10 Å². The smallest absolute Gasteiger partial charge is 0.238 e. The molecule has 0 atom stereocenters. The van der Waals surface area contributed by atoms with Crippen molar-refractivity contribution in [1.29, 1.82) is 5.26 Å². The van der Waals surface area contributed by atoms with Gasteiger partial charge in [0.25, 0.3) is 0 Å². The highest BCUT2D eigenvalue weighted by Gasteiger charge is 2.18. The minimum absolute atomic E-state index is 0.00860. The van der Waals surface area contributed by atoms with Crippen LogP contribution >= 0.6 is 11.8 Å². The van der Waals surface area contributed by atoms with Gasteiger partial charge in [-0.1, -0.05) is 42.1 Å². The molecular formula is C19H18N6OS. The molecule has 0 bridgehead atoms. The number of amides is 1. The topological polar surface area (TPSA) is 87.7 Å². The summed E-state index contributed by atoms with van der Waals surface area (Å²) in [4.78, 5) is 14.1. The van der Waals surface area contributed by atoms with Crippen LogP contribution < -0.4 is 4.90 Å². The van der Waals surface area contributed by atoms with Crippen LogP contribution in [-0.4, -0.2) is 38.4 Å². The second kappa shape index (κ2) is 8.47. The second-order valence-corrected chi connectivity index (χ2v) is 6.80. The van der Waals surface area contributed by atoms with Crippen molar-refractivity contribution >= 4 is 23.4 Å². The number of benzene rings is 2. The Kier molecular flexibility index (Phi) is 5.84. The highest BCUT2D eigenvalue weighted by molar-refractivity contribution is 7.99. The number of nitriles is 1. The van der Waals surface area contributed by atoms with Gasteiger partial charge in [-0.2, -0.15) is 9.94 Å². The maximum Gasteiger partial charge on any atom is 0.238 e. The van der Waals surface area contributed by atoms with Gasteiger partial charge in [-0.05, 0) is 53.6 Å². The molecule has 0 spiro atoms. The van der Waals surface area contributed by atoms with Gasteiger partial charge in [-0.3, -0.25) is 9.69 Å². The number of carbonyl (C=O) groups is 1. The maximum absolute atomic E-state index is 12.7. The number of thioether (sulfide) groups is 1. The molecule has 0 aliphatic rings. The van der Waals surface area contributed by atoms with E-state index in [0.717, 1.165) is 16.8 Å². The van der Waals surface area contributed by atoms with Gasteiger partial charge in [0.05, 0.1) is 17.5 Å². The van der Waals surface area contributed by atoms with Crippen LogP contribution in [0.4, 0.5) is 5.69 Å². The molecule has 27 heavy (non-hydrogen) atoms. The van der Waals surface area contributed by atoms with Crippen LogP contribution in [0.15, 0.2) is 53.7 Å². The van der Waals surface area contributed by atoms with E-state index in [1.807, 2.05) is 56.3 Å². The van der Waals surface area contributed by atoms with Crippen LogP contribution in [0.3, 0.4) is 0 Å². The Hall–Kier alpha value is -3.18. The van der Waals surface area contributed by atoms with E-state index in [4.69, 9.17) is 5.26 Å². The summed E-state index contributed by atoms with van der Waals surface area (Å²) < 4.78 is 1.64. The van der Waals surface area contributed by atoms with E-state index in [1.54, 1.807) is 16.8 Å². The Balaban J connectivity index is 1.77. The van der Waals surface area contributed by atoms with E-state index in [-0.39, 0.29) is 18.2 Å². The number of carbonyl (C=O) groups excluding carboxylic acids is 1. The summed E-state index contributed by atoms with van der Waals surface area (Å²) in [6.45, 7) is 4.03. The summed E-state index contributed by atoms with van der Waals surface area (Å²) in [6.07, 6.45) is 0. The Morgan fingerprint density at radius 3 is 2.70 bits per heavy atom. The van der Waals surface area contributed by atoms with Crippen LogP contribution in [-0.2, 0) is 4.79 Å². The van der Waals surface area contributed by atoms with Gasteiger partial charge in [0.2, 0.25) is 11.1 Å². The summed E-state index contributed by atoms with van der Waals surface area (Å²) in [5.74, 6) is -0.0507. The molecular weight excluding hydrogens is 360 g/mol. The summed E-state index contributed by atoms with van der Waals surface area (Å²) >= 11 is 1.25. The van der Waals surface area contributed by atoms with E-state index in [2.05, 4.69) is 15.5 Å². The Labute approximate surface area is 161 Å². The van der Waals surface area contributed by atoms with Gasteiger partial charge in [0.1, 0.15) is 6.54 Å². The zero-order valence-corrected chi connectivity index (χ0v) is 15.8. The minimum Gasteiger partial charge on any atom is -0.298 e. The van der Waals surface area contributed by atoms with Crippen LogP contribution in [0.2, 0.25) is 0 Å². The van der Waals surface area contributed by atoms with Gasteiger partial charge in [0, 0.05) is 5.69 Å². The molecule has 1 heterocycles. The van der Waals surface area contributed by atoms with Crippen LogP contribution in [0.5, 0.6) is 0 Å². The standard InChI is InChI=1S/C19H18N6OS/c1-14-7-6-10-17(15(14)2)25-19(21-22-23-25)27-13-18(26)24(12-11-20)16-8-4-3-5-9-16/h3-10H,12-13H2,1-2H3. The molecule has 1 aromatic heterocycles. The van der Waals surface area contributed by atoms with Gasteiger partial charge < -0.3 is 0 Å². The van der Waals surface area contributed by atoms with Crippen molar-refractivity contribution < 1.29 is 4.79 Å². The first-order chi connectivity index (χ1) is 13.1. The van der Waals surface area contributed by atoms with E-state index in [0.29, 0.717) is 10.8 Å². The summed E-state index contributed by atoms with van der Waals surface area (Å²) in [5, 5.41) is 21.4. The van der Waals surface area contributed by atoms with Crippen LogP contribution in [0, 0.1) is 25.2 Å². The number of anilines is 1. The zero-order valence-electron chi connectivity index (χ0n) is 15.0. The fourth-order valence-electron chi connectivity index (χ4n) is 2.59. The largest absolute Gasteiger partial charge is 0.298 e. The Bertz CT molecular complexity index is 979. The first kappa shape index (κ1) is 18.6. The summed E-state index contributed by atoms with van der Waals surface area (Å²) in [6, 6.07) is 17.1. The highest BCUT2D eigenvalue weighted by atomic mass is 32.2. The number of tetrazole rings is 1. The number of hydrogen-bond donors (Lipinski definition) is 0. The lowest BCUT2D eigenvalue weighted by atomic mass is 10.1.